The lowest BCUT2D eigenvalue weighted by molar-refractivity contribution is 0.819. The quantitative estimate of drug-likeness (QED) is 0.705. The van der Waals surface area contributed by atoms with E-state index in [1.807, 2.05) is 30.7 Å². The van der Waals surface area contributed by atoms with Crippen LogP contribution in [0.2, 0.25) is 0 Å². The third kappa shape index (κ3) is 1.69. The zero-order valence-electron chi connectivity index (χ0n) is 8.51. The van der Waals surface area contributed by atoms with Crippen molar-refractivity contribution < 1.29 is 0 Å². The van der Waals surface area contributed by atoms with E-state index in [4.69, 9.17) is 0 Å². The molecule has 2 heteroatoms. The van der Waals surface area contributed by atoms with Crippen molar-refractivity contribution in [3.63, 3.8) is 0 Å². The molecule has 0 spiro atoms. The normalized spacial score (nSPS) is 10.8. The fourth-order valence-corrected chi connectivity index (χ4v) is 1.40. The second-order valence-electron chi connectivity index (χ2n) is 3.69. The van der Waals surface area contributed by atoms with Crippen molar-refractivity contribution in [2.45, 2.75) is 19.8 Å². The van der Waals surface area contributed by atoms with E-state index >= 15 is 0 Å². The number of aromatic nitrogens is 2. The Balaban J connectivity index is 2.31. The van der Waals surface area contributed by atoms with Gasteiger partial charge < -0.3 is 4.57 Å². The molecule has 0 amide bonds. The first kappa shape index (κ1) is 9.00. The molecule has 0 aromatic carbocycles. The van der Waals surface area contributed by atoms with Gasteiger partial charge in [-0.15, -0.1) is 0 Å². The molecule has 0 atom stereocenters. The lowest BCUT2D eigenvalue weighted by Gasteiger charge is -2.06. The molecule has 0 aliphatic heterocycles. The number of hydrogen-bond acceptors (Lipinski definition) is 1. The molecule has 72 valence electrons. The summed E-state index contributed by atoms with van der Waals surface area (Å²) >= 11 is 0. The molecule has 2 heterocycles. The molecule has 0 N–H and O–H groups in total. The summed E-state index contributed by atoms with van der Waals surface area (Å²) in [6.45, 7) is 4.30. The van der Waals surface area contributed by atoms with Crippen LogP contribution in [0.1, 0.15) is 25.5 Å². The maximum atomic E-state index is 4.41. The lowest BCUT2D eigenvalue weighted by atomic mass is 10.1. The van der Waals surface area contributed by atoms with Gasteiger partial charge in [0.2, 0.25) is 0 Å². The van der Waals surface area contributed by atoms with Crippen LogP contribution in [0.5, 0.6) is 0 Å². The molecule has 0 fully saturated rings. The first-order valence-electron chi connectivity index (χ1n) is 4.86. The maximum Gasteiger partial charge on any atom is 0.0633 e. The maximum absolute atomic E-state index is 4.41. The molecule has 14 heavy (non-hydrogen) atoms. The standard InChI is InChI=1S/C12H14N2/c1-10(2)12-6-5-11(9-13-12)14-7-3-4-8-14/h3-10H,1-2H3. The predicted molar refractivity (Wildman–Crippen MR) is 57.7 cm³/mol. The Kier molecular flexibility index (Phi) is 2.35. The van der Waals surface area contributed by atoms with Crippen LogP contribution in [0.4, 0.5) is 0 Å². The summed E-state index contributed by atoms with van der Waals surface area (Å²) < 4.78 is 2.05. The number of nitrogens with zero attached hydrogens (tertiary/aromatic N) is 2. The summed E-state index contributed by atoms with van der Waals surface area (Å²) in [6, 6.07) is 8.20. The van der Waals surface area contributed by atoms with E-state index < -0.39 is 0 Å². The van der Waals surface area contributed by atoms with Crippen LogP contribution < -0.4 is 0 Å². The van der Waals surface area contributed by atoms with E-state index in [9.17, 15) is 0 Å². The Morgan fingerprint density at radius 2 is 1.86 bits per heavy atom. The molecule has 0 saturated heterocycles. The Bertz CT molecular complexity index is 385. The third-order valence-corrected chi connectivity index (χ3v) is 2.26. The molecular weight excluding hydrogens is 172 g/mol. The van der Waals surface area contributed by atoms with E-state index in [0.717, 1.165) is 11.4 Å². The van der Waals surface area contributed by atoms with Gasteiger partial charge in [0.15, 0.2) is 0 Å². The smallest absolute Gasteiger partial charge is 0.0633 e. The minimum absolute atomic E-state index is 0.494. The van der Waals surface area contributed by atoms with E-state index in [1.54, 1.807) is 0 Å². The second-order valence-corrected chi connectivity index (χ2v) is 3.69. The Morgan fingerprint density at radius 1 is 1.14 bits per heavy atom. The fourth-order valence-electron chi connectivity index (χ4n) is 1.40. The first-order chi connectivity index (χ1) is 6.77. The summed E-state index contributed by atoms with van der Waals surface area (Å²) in [7, 11) is 0. The van der Waals surface area contributed by atoms with Gasteiger partial charge in [-0.25, -0.2) is 0 Å². The highest BCUT2D eigenvalue weighted by Crippen LogP contribution is 2.13. The van der Waals surface area contributed by atoms with Crippen LogP contribution >= 0.6 is 0 Å². The van der Waals surface area contributed by atoms with Gasteiger partial charge in [0.05, 0.1) is 11.9 Å². The van der Waals surface area contributed by atoms with Crippen molar-refractivity contribution in [1.29, 1.82) is 0 Å². The van der Waals surface area contributed by atoms with Crippen molar-refractivity contribution in [2.24, 2.45) is 0 Å². The molecule has 0 aliphatic rings. The zero-order valence-corrected chi connectivity index (χ0v) is 8.51. The second kappa shape index (κ2) is 3.66. The largest absolute Gasteiger partial charge is 0.322 e. The van der Waals surface area contributed by atoms with Crippen molar-refractivity contribution in [1.82, 2.24) is 9.55 Å². The molecule has 0 aliphatic carbocycles. The van der Waals surface area contributed by atoms with E-state index in [-0.39, 0.29) is 0 Å². The SMILES string of the molecule is CC(C)c1ccc(-n2cccc2)cn1. The monoisotopic (exact) mass is 186 g/mol. The minimum atomic E-state index is 0.494. The number of rotatable bonds is 2. The van der Waals surface area contributed by atoms with Gasteiger partial charge in [0, 0.05) is 18.1 Å². The molecule has 0 unspecified atom stereocenters. The Morgan fingerprint density at radius 3 is 2.36 bits per heavy atom. The highest BCUT2D eigenvalue weighted by atomic mass is 15.0. The average molecular weight is 186 g/mol. The van der Waals surface area contributed by atoms with Crippen molar-refractivity contribution >= 4 is 0 Å². The van der Waals surface area contributed by atoms with Gasteiger partial charge >= 0.3 is 0 Å². The zero-order chi connectivity index (χ0) is 9.97. The molecule has 2 aromatic heterocycles. The Hall–Kier alpha value is -1.57. The van der Waals surface area contributed by atoms with E-state index in [1.165, 1.54) is 0 Å². The third-order valence-electron chi connectivity index (χ3n) is 2.26. The van der Waals surface area contributed by atoms with Crippen LogP contribution in [-0.4, -0.2) is 9.55 Å². The highest BCUT2D eigenvalue weighted by molar-refractivity contribution is 5.30. The minimum Gasteiger partial charge on any atom is -0.322 e. The van der Waals surface area contributed by atoms with Crippen molar-refractivity contribution in [3.05, 3.63) is 48.5 Å². The van der Waals surface area contributed by atoms with Gasteiger partial charge in [0.25, 0.3) is 0 Å². The van der Waals surface area contributed by atoms with Gasteiger partial charge in [-0.05, 0) is 30.2 Å². The summed E-state index contributed by atoms with van der Waals surface area (Å²) in [4.78, 5) is 4.41. The lowest BCUT2D eigenvalue weighted by Crippen LogP contribution is -1.95. The number of hydrogen-bond donors (Lipinski definition) is 0. The number of pyridine rings is 1. The summed E-state index contributed by atoms with van der Waals surface area (Å²) in [6.07, 6.45) is 5.95. The molecular formula is C12H14N2. The first-order valence-corrected chi connectivity index (χ1v) is 4.86. The molecule has 2 rings (SSSR count). The predicted octanol–water partition coefficient (Wildman–Crippen LogP) is 3.00. The van der Waals surface area contributed by atoms with Gasteiger partial charge in [-0.2, -0.15) is 0 Å². The Labute approximate surface area is 84.2 Å². The van der Waals surface area contributed by atoms with Gasteiger partial charge in [-0.3, -0.25) is 4.98 Å². The topological polar surface area (TPSA) is 17.8 Å². The molecule has 0 saturated carbocycles. The van der Waals surface area contributed by atoms with Crippen LogP contribution in [-0.2, 0) is 0 Å². The average Bonchev–Trinajstić information content (AvgIpc) is 2.71. The van der Waals surface area contributed by atoms with Crippen LogP contribution in [0.25, 0.3) is 5.69 Å². The van der Waals surface area contributed by atoms with Crippen molar-refractivity contribution in [3.8, 4) is 5.69 Å². The van der Waals surface area contributed by atoms with E-state index in [2.05, 4.69) is 35.5 Å². The summed E-state index contributed by atoms with van der Waals surface area (Å²) in [5.41, 5.74) is 2.25. The highest BCUT2D eigenvalue weighted by Gasteiger charge is 2.00. The van der Waals surface area contributed by atoms with E-state index in [0.29, 0.717) is 5.92 Å². The van der Waals surface area contributed by atoms with Gasteiger partial charge in [0.1, 0.15) is 0 Å². The summed E-state index contributed by atoms with van der Waals surface area (Å²) in [5, 5.41) is 0. The molecule has 0 bridgehead atoms. The van der Waals surface area contributed by atoms with Crippen molar-refractivity contribution in [2.75, 3.05) is 0 Å². The molecule has 2 nitrogen and oxygen atoms in total. The summed E-state index contributed by atoms with van der Waals surface area (Å²) in [5.74, 6) is 0.494. The molecule has 2 aromatic rings. The molecule has 0 radical (unpaired) electrons. The van der Waals surface area contributed by atoms with Crippen LogP contribution in [0.15, 0.2) is 42.9 Å². The van der Waals surface area contributed by atoms with Gasteiger partial charge in [-0.1, -0.05) is 13.8 Å². The fraction of sp³-hybridized carbons (Fsp3) is 0.250. The van der Waals surface area contributed by atoms with Crippen LogP contribution in [0, 0.1) is 0 Å². The van der Waals surface area contributed by atoms with Crippen LogP contribution in [0.3, 0.4) is 0 Å².